The first-order chi connectivity index (χ1) is 7.15. The third-order valence-corrected chi connectivity index (χ3v) is 2.85. The summed E-state index contributed by atoms with van der Waals surface area (Å²) in [7, 11) is 1.77. The highest BCUT2D eigenvalue weighted by atomic mass is 32.1. The molecule has 15 heavy (non-hydrogen) atoms. The zero-order valence-corrected chi connectivity index (χ0v) is 9.67. The van der Waals surface area contributed by atoms with Crippen molar-refractivity contribution < 1.29 is 4.79 Å². The van der Waals surface area contributed by atoms with E-state index in [1.54, 1.807) is 29.4 Å². The van der Waals surface area contributed by atoms with Crippen LogP contribution in [0.4, 0.5) is 0 Å². The summed E-state index contributed by atoms with van der Waals surface area (Å²) in [5, 5.41) is 4.03. The number of rotatable bonds is 5. The molecule has 0 spiro atoms. The van der Waals surface area contributed by atoms with Gasteiger partial charge < -0.3 is 10.6 Å². The molecule has 1 heterocycles. The van der Waals surface area contributed by atoms with E-state index in [4.69, 9.17) is 5.73 Å². The normalized spacial score (nSPS) is 12.1. The van der Waals surface area contributed by atoms with Gasteiger partial charge in [0.15, 0.2) is 0 Å². The van der Waals surface area contributed by atoms with Crippen molar-refractivity contribution in [2.24, 2.45) is 5.73 Å². The van der Waals surface area contributed by atoms with Crippen molar-refractivity contribution in [1.82, 2.24) is 4.90 Å². The topological polar surface area (TPSA) is 46.3 Å². The largest absolute Gasteiger partial charge is 0.340 e. The maximum atomic E-state index is 11.7. The van der Waals surface area contributed by atoms with Gasteiger partial charge in [-0.15, -0.1) is 6.58 Å². The molecule has 0 bridgehead atoms. The van der Waals surface area contributed by atoms with Gasteiger partial charge in [-0.05, 0) is 28.8 Å². The number of nitrogens with two attached hydrogens (primary N) is 1. The summed E-state index contributed by atoms with van der Waals surface area (Å²) in [5.41, 5.74) is 6.84. The third-order valence-electron chi connectivity index (χ3n) is 2.11. The minimum atomic E-state index is -0.467. The van der Waals surface area contributed by atoms with Crippen LogP contribution in [0.5, 0.6) is 0 Å². The molecular weight excluding hydrogens is 208 g/mol. The molecule has 0 fully saturated rings. The van der Waals surface area contributed by atoms with Gasteiger partial charge in [-0.2, -0.15) is 11.3 Å². The first kappa shape index (κ1) is 11.9. The van der Waals surface area contributed by atoms with E-state index >= 15 is 0 Å². The molecule has 1 rings (SSSR count). The van der Waals surface area contributed by atoms with Crippen LogP contribution >= 0.6 is 11.3 Å². The zero-order valence-electron chi connectivity index (χ0n) is 8.85. The van der Waals surface area contributed by atoms with Gasteiger partial charge in [0, 0.05) is 13.6 Å². The Morgan fingerprint density at radius 1 is 1.80 bits per heavy atom. The second-order valence-electron chi connectivity index (χ2n) is 3.46. The van der Waals surface area contributed by atoms with Crippen LogP contribution < -0.4 is 5.73 Å². The molecule has 2 N–H and O–H groups in total. The fourth-order valence-corrected chi connectivity index (χ4v) is 1.96. The Labute approximate surface area is 94.2 Å². The molecule has 0 radical (unpaired) electrons. The molecule has 0 aliphatic carbocycles. The van der Waals surface area contributed by atoms with Crippen LogP contribution in [0.25, 0.3) is 0 Å². The molecule has 0 aliphatic heterocycles. The second kappa shape index (κ2) is 5.68. The molecule has 1 atom stereocenters. The van der Waals surface area contributed by atoms with Crippen LogP contribution in [0, 0.1) is 0 Å². The number of carbonyl (C=O) groups is 1. The van der Waals surface area contributed by atoms with Gasteiger partial charge in [-0.1, -0.05) is 6.08 Å². The van der Waals surface area contributed by atoms with Gasteiger partial charge in [0.25, 0.3) is 0 Å². The lowest BCUT2D eigenvalue weighted by Gasteiger charge is -2.20. The van der Waals surface area contributed by atoms with E-state index in [0.29, 0.717) is 13.0 Å². The number of nitrogens with zero attached hydrogens (tertiary/aromatic N) is 1. The lowest BCUT2D eigenvalue weighted by atomic mass is 10.2. The van der Waals surface area contributed by atoms with E-state index in [-0.39, 0.29) is 5.91 Å². The highest BCUT2D eigenvalue weighted by Gasteiger charge is 2.16. The molecule has 4 heteroatoms. The Bertz CT molecular complexity index is 321. The molecule has 0 aromatic carbocycles. The first-order valence-electron chi connectivity index (χ1n) is 4.77. The lowest BCUT2D eigenvalue weighted by molar-refractivity contribution is -0.131. The van der Waals surface area contributed by atoms with Crippen molar-refractivity contribution in [2.45, 2.75) is 19.0 Å². The monoisotopic (exact) mass is 224 g/mol. The smallest absolute Gasteiger partial charge is 0.239 e. The average molecular weight is 224 g/mol. The molecule has 1 amide bonds. The minimum absolute atomic E-state index is 0.0406. The summed E-state index contributed by atoms with van der Waals surface area (Å²) in [6, 6.07) is 1.54. The molecule has 82 valence electrons. The van der Waals surface area contributed by atoms with Crippen molar-refractivity contribution in [3.8, 4) is 0 Å². The molecule has 1 aromatic rings. The second-order valence-corrected chi connectivity index (χ2v) is 4.24. The van der Waals surface area contributed by atoms with Crippen molar-refractivity contribution in [3.05, 3.63) is 35.0 Å². The van der Waals surface area contributed by atoms with E-state index in [1.807, 2.05) is 16.8 Å². The summed E-state index contributed by atoms with van der Waals surface area (Å²) in [6.07, 6.45) is 2.19. The summed E-state index contributed by atoms with van der Waals surface area (Å²) in [4.78, 5) is 13.4. The highest BCUT2D eigenvalue weighted by Crippen LogP contribution is 2.09. The molecular formula is C11H16N2OS. The standard InChI is InChI=1S/C11H16N2OS/c1-3-4-10(12)11(14)13(2)7-9-5-6-15-8-9/h3,5-6,8,10H,1,4,7,12H2,2H3. The predicted molar refractivity (Wildman–Crippen MR) is 63.6 cm³/mol. The summed E-state index contributed by atoms with van der Waals surface area (Å²) in [6.45, 7) is 4.19. The maximum absolute atomic E-state index is 11.7. The van der Waals surface area contributed by atoms with E-state index in [2.05, 4.69) is 6.58 Å². The van der Waals surface area contributed by atoms with Crippen molar-refractivity contribution in [3.63, 3.8) is 0 Å². The molecule has 1 unspecified atom stereocenters. The van der Waals surface area contributed by atoms with Crippen molar-refractivity contribution in [1.29, 1.82) is 0 Å². The fourth-order valence-electron chi connectivity index (χ4n) is 1.30. The quantitative estimate of drug-likeness (QED) is 0.772. The minimum Gasteiger partial charge on any atom is -0.340 e. The van der Waals surface area contributed by atoms with Crippen molar-refractivity contribution >= 4 is 17.2 Å². The summed E-state index contributed by atoms with van der Waals surface area (Å²) >= 11 is 1.63. The SMILES string of the molecule is C=CCC(N)C(=O)N(C)Cc1ccsc1. The number of hydrogen-bond donors (Lipinski definition) is 1. The van der Waals surface area contributed by atoms with Gasteiger partial charge in [0.05, 0.1) is 6.04 Å². The van der Waals surface area contributed by atoms with Crippen LogP contribution in [0.1, 0.15) is 12.0 Å². The van der Waals surface area contributed by atoms with E-state index in [1.165, 1.54) is 0 Å². The number of carbonyl (C=O) groups excluding carboxylic acids is 1. The Kier molecular flexibility index (Phi) is 4.52. The Morgan fingerprint density at radius 2 is 2.53 bits per heavy atom. The zero-order chi connectivity index (χ0) is 11.3. The van der Waals surface area contributed by atoms with E-state index < -0.39 is 6.04 Å². The molecule has 0 saturated carbocycles. The number of thiophene rings is 1. The van der Waals surface area contributed by atoms with E-state index in [9.17, 15) is 4.79 Å². The highest BCUT2D eigenvalue weighted by molar-refractivity contribution is 7.07. The van der Waals surface area contributed by atoms with Gasteiger partial charge >= 0.3 is 0 Å². The van der Waals surface area contributed by atoms with Crippen LogP contribution in [-0.4, -0.2) is 23.9 Å². The number of likely N-dealkylation sites (N-methyl/N-ethyl adjacent to an activating group) is 1. The first-order valence-corrected chi connectivity index (χ1v) is 5.72. The molecule has 3 nitrogen and oxygen atoms in total. The van der Waals surface area contributed by atoms with Gasteiger partial charge in [-0.3, -0.25) is 4.79 Å². The molecule has 0 aliphatic rings. The third kappa shape index (κ3) is 3.49. The number of amides is 1. The van der Waals surface area contributed by atoms with Gasteiger partial charge in [0.2, 0.25) is 5.91 Å². The fraction of sp³-hybridized carbons (Fsp3) is 0.364. The van der Waals surface area contributed by atoms with Crippen LogP contribution in [0.2, 0.25) is 0 Å². The van der Waals surface area contributed by atoms with E-state index in [0.717, 1.165) is 5.56 Å². The van der Waals surface area contributed by atoms with Crippen molar-refractivity contribution in [2.75, 3.05) is 7.05 Å². The van der Waals surface area contributed by atoms with Crippen LogP contribution in [0.15, 0.2) is 29.5 Å². The van der Waals surface area contributed by atoms with Crippen LogP contribution in [-0.2, 0) is 11.3 Å². The Hall–Kier alpha value is -1.13. The maximum Gasteiger partial charge on any atom is 0.239 e. The Balaban J connectivity index is 2.49. The number of hydrogen-bond acceptors (Lipinski definition) is 3. The van der Waals surface area contributed by atoms with Gasteiger partial charge in [-0.25, -0.2) is 0 Å². The lowest BCUT2D eigenvalue weighted by Crippen LogP contribution is -2.40. The molecule has 1 aromatic heterocycles. The van der Waals surface area contributed by atoms with Gasteiger partial charge in [0.1, 0.15) is 0 Å². The molecule has 0 saturated heterocycles. The predicted octanol–water partition coefficient (Wildman–Crippen LogP) is 1.61. The average Bonchev–Trinajstić information content (AvgIpc) is 2.69. The summed E-state index contributed by atoms with van der Waals surface area (Å²) in [5.74, 6) is -0.0406. The Morgan fingerprint density at radius 3 is 3.07 bits per heavy atom. The van der Waals surface area contributed by atoms with Crippen LogP contribution in [0.3, 0.4) is 0 Å². The summed E-state index contributed by atoms with van der Waals surface area (Å²) < 4.78 is 0.